The highest BCUT2D eigenvalue weighted by Crippen LogP contribution is 2.29. The lowest BCUT2D eigenvalue weighted by Crippen LogP contribution is -2.39. The zero-order chi connectivity index (χ0) is 27.7. The van der Waals surface area contributed by atoms with Gasteiger partial charge in [-0.15, -0.1) is 11.3 Å². The molecular formula is C32H32N4O3S. The SMILES string of the molecule is O=C(Cc1csc(NC(=O)CN(C(=O)c2ccccc2)C2CC2)n1)NCCC(c1ccccc1)c1ccccc1. The Bertz CT molecular complexity index is 1380. The Kier molecular flexibility index (Phi) is 8.98. The maximum Gasteiger partial charge on any atom is 0.254 e. The lowest BCUT2D eigenvalue weighted by molar-refractivity contribution is -0.120. The van der Waals surface area contributed by atoms with Crippen LogP contribution in [-0.2, 0) is 16.0 Å². The van der Waals surface area contributed by atoms with E-state index in [9.17, 15) is 14.4 Å². The third kappa shape index (κ3) is 7.42. The number of amides is 3. The Morgan fingerprint density at radius 2 is 1.45 bits per heavy atom. The largest absolute Gasteiger partial charge is 0.356 e. The monoisotopic (exact) mass is 552 g/mol. The van der Waals surface area contributed by atoms with Crippen molar-refractivity contribution in [3.63, 3.8) is 0 Å². The highest BCUT2D eigenvalue weighted by atomic mass is 32.1. The molecule has 0 bridgehead atoms. The zero-order valence-corrected chi connectivity index (χ0v) is 23.0. The lowest BCUT2D eigenvalue weighted by Gasteiger charge is -2.21. The standard InChI is InChI=1S/C32H32N4O3S/c37-29(33-19-18-28(23-10-4-1-5-11-23)24-12-6-2-7-13-24)20-26-22-40-32(34-26)35-30(38)21-36(27-16-17-27)31(39)25-14-8-3-9-15-25/h1-15,22,27-28H,16-21H2,(H,33,37)(H,34,35,38). The van der Waals surface area contributed by atoms with Gasteiger partial charge in [-0.2, -0.15) is 0 Å². The topological polar surface area (TPSA) is 91.4 Å². The number of nitrogens with zero attached hydrogens (tertiary/aromatic N) is 2. The molecule has 0 atom stereocenters. The molecule has 0 unspecified atom stereocenters. The van der Waals surface area contributed by atoms with Crippen LogP contribution in [0.2, 0.25) is 0 Å². The Labute approximate surface area is 238 Å². The van der Waals surface area contributed by atoms with Crippen LogP contribution >= 0.6 is 11.3 Å². The number of thiazole rings is 1. The molecule has 5 rings (SSSR count). The van der Waals surface area contributed by atoms with Crippen LogP contribution in [0.5, 0.6) is 0 Å². The summed E-state index contributed by atoms with van der Waals surface area (Å²) in [6.07, 6.45) is 2.71. The average molecular weight is 553 g/mol. The van der Waals surface area contributed by atoms with Gasteiger partial charge in [0.1, 0.15) is 6.54 Å². The van der Waals surface area contributed by atoms with E-state index in [1.54, 1.807) is 22.4 Å². The van der Waals surface area contributed by atoms with Gasteiger partial charge in [0.15, 0.2) is 5.13 Å². The van der Waals surface area contributed by atoms with Crippen molar-refractivity contribution in [2.24, 2.45) is 0 Å². The van der Waals surface area contributed by atoms with Gasteiger partial charge in [-0.1, -0.05) is 78.9 Å². The first kappa shape index (κ1) is 27.3. The minimum absolute atomic E-state index is 0.0300. The molecule has 3 amide bonds. The van der Waals surface area contributed by atoms with Gasteiger partial charge in [0.05, 0.1) is 12.1 Å². The van der Waals surface area contributed by atoms with Gasteiger partial charge in [-0.25, -0.2) is 4.98 Å². The summed E-state index contributed by atoms with van der Waals surface area (Å²) in [5, 5.41) is 8.01. The molecule has 1 saturated carbocycles. The van der Waals surface area contributed by atoms with Crippen molar-refractivity contribution in [1.29, 1.82) is 0 Å². The van der Waals surface area contributed by atoms with Gasteiger partial charge < -0.3 is 15.5 Å². The number of carbonyl (C=O) groups excluding carboxylic acids is 3. The first-order valence-corrected chi connectivity index (χ1v) is 14.4. The van der Waals surface area contributed by atoms with Gasteiger partial charge in [0.25, 0.3) is 5.91 Å². The fraction of sp³-hybridized carbons (Fsp3) is 0.250. The lowest BCUT2D eigenvalue weighted by atomic mass is 9.88. The fourth-order valence-electron chi connectivity index (χ4n) is 4.74. The summed E-state index contributed by atoms with van der Waals surface area (Å²) >= 11 is 1.27. The Morgan fingerprint density at radius 1 is 0.850 bits per heavy atom. The summed E-state index contributed by atoms with van der Waals surface area (Å²) in [4.78, 5) is 44.4. The van der Waals surface area contributed by atoms with Crippen LogP contribution in [0.1, 0.15) is 52.4 Å². The van der Waals surface area contributed by atoms with Crippen molar-refractivity contribution >= 4 is 34.2 Å². The molecule has 0 aliphatic heterocycles. The van der Waals surface area contributed by atoms with Crippen molar-refractivity contribution in [1.82, 2.24) is 15.2 Å². The maximum atomic E-state index is 12.9. The number of rotatable bonds is 12. The molecular weight excluding hydrogens is 520 g/mol. The van der Waals surface area contributed by atoms with E-state index in [2.05, 4.69) is 39.9 Å². The summed E-state index contributed by atoms with van der Waals surface area (Å²) in [5.74, 6) is -0.366. The van der Waals surface area contributed by atoms with Crippen LogP contribution in [0.4, 0.5) is 5.13 Å². The van der Waals surface area contributed by atoms with Crippen molar-refractivity contribution in [3.05, 3.63) is 119 Å². The minimum Gasteiger partial charge on any atom is -0.356 e. The first-order chi connectivity index (χ1) is 19.6. The molecule has 1 aromatic heterocycles. The molecule has 1 fully saturated rings. The van der Waals surface area contributed by atoms with Crippen LogP contribution < -0.4 is 10.6 Å². The summed E-state index contributed by atoms with van der Waals surface area (Å²) in [5.41, 5.74) is 3.60. The van der Waals surface area contributed by atoms with E-state index in [4.69, 9.17) is 0 Å². The second-order valence-electron chi connectivity index (χ2n) is 9.91. The molecule has 40 heavy (non-hydrogen) atoms. The van der Waals surface area contributed by atoms with Crippen LogP contribution in [0.25, 0.3) is 0 Å². The minimum atomic E-state index is -0.297. The first-order valence-electron chi connectivity index (χ1n) is 13.5. The van der Waals surface area contributed by atoms with E-state index in [-0.39, 0.29) is 42.6 Å². The molecule has 0 spiro atoms. The molecule has 1 aliphatic rings. The second kappa shape index (κ2) is 13.2. The molecule has 3 aromatic carbocycles. The third-order valence-electron chi connectivity index (χ3n) is 6.88. The quantitative estimate of drug-likeness (QED) is 0.251. The number of hydrogen-bond donors (Lipinski definition) is 2. The predicted molar refractivity (Wildman–Crippen MR) is 157 cm³/mol. The van der Waals surface area contributed by atoms with Crippen molar-refractivity contribution < 1.29 is 14.4 Å². The number of anilines is 1. The van der Waals surface area contributed by atoms with E-state index in [1.165, 1.54) is 22.5 Å². The molecule has 204 valence electrons. The zero-order valence-electron chi connectivity index (χ0n) is 22.2. The second-order valence-corrected chi connectivity index (χ2v) is 10.8. The number of hydrogen-bond acceptors (Lipinski definition) is 5. The molecule has 0 radical (unpaired) electrons. The predicted octanol–water partition coefficient (Wildman–Crippen LogP) is 5.27. The third-order valence-corrected chi connectivity index (χ3v) is 7.69. The molecule has 1 heterocycles. The van der Waals surface area contributed by atoms with Crippen LogP contribution in [0, 0.1) is 0 Å². The molecule has 2 N–H and O–H groups in total. The summed E-state index contributed by atoms with van der Waals surface area (Å²) < 4.78 is 0. The molecule has 8 heteroatoms. The van der Waals surface area contributed by atoms with Gasteiger partial charge in [0.2, 0.25) is 11.8 Å². The van der Waals surface area contributed by atoms with E-state index < -0.39 is 0 Å². The van der Waals surface area contributed by atoms with Gasteiger partial charge in [0, 0.05) is 29.4 Å². The van der Waals surface area contributed by atoms with E-state index in [1.807, 2.05) is 54.6 Å². The highest BCUT2D eigenvalue weighted by Gasteiger charge is 2.34. The number of nitrogens with one attached hydrogen (secondary N) is 2. The molecule has 0 saturated heterocycles. The molecule has 4 aromatic rings. The van der Waals surface area contributed by atoms with E-state index in [0.29, 0.717) is 22.9 Å². The summed E-state index contributed by atoms with van der Waals surface area (Å²) in [7, 11) is 0. The maximum absolute atomic E-state index is 12.9. The normalized spacial score (nSPS) is 12.6. The summed E-state index contributed by atoms with van der Waals surface area (Å²) in [6, 6.07) is 29.7. The van der Waals surface area contributed by atoms with E-state index in [0.717, 1.165) is 19.3 Å². The average Bonchev–Trinajstić information content (AvgIpc) is 3.75. The van der Waals surface area contributed by atoms with Crippen molar-refractivity contribution in [2.75, 3.05) is 18.4 Å². The number of aromatic nitrogens is 1. The Balaban J connectivity index is 1.11. The van der Waals surface area contributed by atoms with Crippen molar-refractivity contribution in [3.8, 4) is 0 Å². The van der Waals surface area contributed by atoms with Crippen LogP contribution in [0.3, 0.4) is 0 Å². The summed E-state index contributed by atoms with van der Waals surface area (Å²) in [6.45, 7) is 0.505. The Morgan fingerprint density at radius 3 is 2.05 bits per heavy atom. The van der Waals surface area contributed by atoms with Gasteiger partial charge >= 0.3 is 0 Å². The van der Waals surface area contributed by atoms with Crippen LogP contribution in [-0.4, -0.2) is 46.7 Å². The van der Waals surface area contributed by atoms with Gasteiger partial charge in [-0.05, 0) is 42.5 Å². The molecule has 1 aliphatic carbocycles. The molecule has 7 nitrogen and oxygen atoms in total. The fourth-order valence-corrected chi connectivity index (χ4v) is 5.46. The number of carbonyl (C=O) groups is 3. The number of benzene rings is 3. The highest BCUT2D eigenvalue weighted by molar-refractivity contribution is 7.13. The van der Waals surface area contributed by atoms with E-state index >= 15 is 0 Å². The van der Waals surface area contributed by atoms with Crippen LogP contribution in [0.15, 0.2) is 96.4 Å². The van der Waals surface area contributed by atoms with Crippen molar-refractivity contribution in [2.45, 2.75) is 37.6 Å². The van der Waals surface area contributed by atoms with Gasteiger partial charge in [-0.3, -0.25) is 14.4 Å². The Hall–Kier alpha value is -4.30. The smallest absolute Gasteiger partial charge is 0.254 e.